The highest BCUT2D eigenvalue weighted by Gasteiger charge is 2.13. The summed E-state index contributed by atoms with van der Waals surface area (Å²) in [6, 6.07) is 12.8. The van der Waals surface area contributed by atoms with Gasteiger partial charge in [0.15, 0.2) is 0 Å². The van der Waals surface area contributed by atoms with Gasteiger partial charge in [0.2, 0.25) is 0 Å². The van der Waals surface area contributed by atoms with Crippen LogP contribution in [0, 0.1) is 0 Å². The number of nitrogens with zero attached hydrogens (tertiary/aromatic N) is 2. The Kier molecular flexibility index (Phi) is 5.65. The van der Waals surface area contributed by atoms with Gasteiger partial charge in [-0.2, -0.15) is 0 Å². The average molecular weight is 374 g/mol. The van der Waals surface area contributed by atoms with Crippen molar-refractivity contribution in [1.82, 2.24) is 20.3 Å². The fourth-order valence-electron chi connectivity index (χ4n) is 3.66. The van der Waals surface area contributed by atoms with E-state index in [1.54, 1.807) is 6.20 Å². The van der Waals surface area contributed by atoms with Crippen LogP contribution >= 0.6 is 0 Å². The first-order chi connectivity index (χ1) is 13.7. The zero-order valence-corrected chi connectivity index (χ0v) is 16.1. The van der Waals surface area contributed by atoms with E-state index >= 15 is 0 Å². The number of benzene rings is 1. The molecule has 0 aliphatic heterocycles. The summed E-state index contributed by atoms with van der Waals surface area (Å²) in [5.41, 5.74) is 3.05. The van der Waals surface area contributed by atoms with Crippen LogP contribution in [0.3, 0.4) is 0 Å². The summed E-state index contributed by atoms with van der Waals surface area (Å²) in [7, 11) is 0. The average Bonchev–Trinajstić information content (AvgIpc) is 3.16. The van der Waals surface area contributed by atoms with E-state index in [9.17, 15) is 5.11 Å². The highest BCUT2D eigenvalue weighted by molar-refractivity contribution is 5.82. The van der Waals surface area contributed by atoms with E-state index in [1.165, 1.54) is 16.3 Å². The molecule has 3 heterocycles. The van der Waals surface area contributed by atoms with Crippen molar-refractivity contribution in [1.29, 1.82) is 0 Å². The molecule has 5 nitrogen and oxygen atoms in total. The minimum atomic E-state index is -0.459. The molecule has 3 aromatic heterocycles. The summed E-state index contributed by atoms with van der Waals surface area (Å²) in [4.78, 5) is 11.6. The Morgan fingerprint density at radius 2 is 2.04 bits per heavy atom. The van der Waals surface area contributed by atoms with E-state index in [1.807, 2.05) is 36.8 Å². The lowest BCUT2D eigenvalue weighted by molar-refractivity contribution is 0.164. The van der Waals surface area contributed by atoms with Crippen molar-refractivity contribution < 1.29 is 5.11 Å². The van der Waals surface area contributed by atoms with Gasteiger partial charge in [-0.05, 0) is 61.4 Å². The monoisotopic (exact) mass is 374 g/mol. The Morgan fingerprint density at radius 3 is 2.96 bits per heavy atom. The van der Waals surface area contributed by atoms with Gasteiger partial charge in [0.25, 0.3) is 0 Å². The van der Waals surface area contributed by atoms with Crippen LogP contribution in [0.25, 0.3) is 21.8 Å². The van der Waals surface area contributed by atoms with Crippen molar-refractivity contribution in [3.8, 4) is 0 Å². The van der Waals surface area contributed by atoms with Crippen LogP contribution in [0.5, 0.6) is 0 Å². The molecule has 4 rings (SSSR count). The second kappa shape index (κ2) is 8.50. The highest BCUT2D eigenvalue weighted by atomic mass is 16.3. The first kappa shape index (κ1) is 18.6. The summed E-state index contributed by atoms with van der Waals surface area (Å²) >= 11 is 0. The van der Waals surface area contributed by atoms with Crippen LogP contribution in [0.1, 0.15) is 43.4 Å². The van der Waals surface area contributed by atoms with Gasteiger partial charge in [-0.25, -0.2) is 4.98 Å². The summed E-state index contributed by atoms with van der Waals surface area (Å²) in [6.07, 6.45) is 9.63. The molecule has 0 aliphatic rings. The number of fused-ring (bicyclic) bond motifs is 2. The standard InChI is InChI=1S/C23H26N4O/c1-16(26-13-17-7-8-19-14-24-11-9-18(19)12-17)4-2-6-22(28)21-15-27-23-20(21)5-3-10-25-23/h3,5,7-12,14-16,22,26,28H,2,4,6,13H2,1H3,(H,25,27)/t16-,22?/m1/s1. The van der Waals surface area contributed by atoms with Crippen LogP contribution in [0.4, 0.5) is 0 Å². The molecular formula is C23H26N4O. The maximum atomic E-state index is 10.6. The zero-order chi connectivity index (χ0) is 19.3. The molecule has 144 valence electrons. The number of hydrogen-bond donors (Lipinski definition) is 3. The third-order valence-electron chi connectivity index (χ3n) is 5.32. The van der Waals surface area contributed by atoms with Gasteiger partial charge >= 0.3 is 0 Å². The molecule has 5 heteroatoms. The third-order valence-corrected chi connectivity index (χ3v) is 5.32. The maximum absolute atomic E-state index is 10.6. The van der Waals surface area contributed by atoms with Crippen molar-refractivity contribution in [2.45, 2.75) is 44.9 Å². The van der Waals surface area contributed by atoms with Crippen molar-refractivity contribution in [3.63, 3.8) is 0 Å². The first-order valence-corrected chi connectivity index (χ1v) is 9.87. The van der Waals surface area contributed by atoms with Crippen LogP contribution < -0.4 is 5.32 Å². The number of nitrogens with one attached hydrogen (secondary N) is 2. The smallest absolute Gasteiger partial charge is 0.137 e. The Bertz CT molecular complexity index is 1060. The van der Waals surface area contributed by atoms with E-state index in [-0.39, 0.29) is 0 Å². The lowest BCUT2D eigenvalue weighted by atomic mass is 10.0. The fraction of sp³-hybridized carbons (Fsp3) is 0.304. The lowest BCUT2D eigenvalue weighted by Crippen LogP contribution is -2.25. The molecule has 28 heavy (non-hydrogen) atoms. The molecule has 4 aromatic rings. The Labute approximate surface area is 164 Å². The second-order valence-corrected chi connectivity index (χ2v) is 7.43. The van der Waals surface area contributed by atoms with Crippen molar-refractivity contribution in [2.75, 3.05) is 0 Å². The molecule has 0 bridgehead atoms. The van der Waals surface area contributed by atoms with Gasteiger partial charge in [-0.15, -0.1) is 0 Å². The Balaban J connectivity index is 1.25. The summed E-state index contributed by atoms with van der Waals surface area (Å²) in [6.45, 7) is 3.04. The zero-order valence-electron chi connectivity index (χ0n) is 16.1. The normalized spacial score (nSPS) is 13.8. The van der Waals surface area contributed by atoms with E-state index in [2.05, 4.69) is 45.4 Å². The molecule has 0 fully saturated rings. The van der Waals surface area contributed by atoms with Crippen molar-refractivity contribution in [2.24, 2.45) is 0 Å². The van der Waals surface area contributed by atoms with E-state index in [4.69, 9.17) is 0 Å². The minimum Gasteiger partial charge on any atom is -0.388 e. The van der Waals surface area contributed by atoms with E-state index in [0.717, 1.165) is 42.4 Å². The van der Waals surface area contributed by atoms with E-state index < -0.39 is 6.10 Å². The quantitative estimate of drug-likeness (QED) is 0.425. The summed E-state index contributed by atoms with van der Waals surface area (Å²) in [5, 5.41) is 17.5. The number of aromatic amines is 1. The SMILES string of the molecule is C[C@H](CCCC(O)c1c[nH]c2ncccc12)NCc1ccc2cnccc2c1. The molecule has 1 unspecified atom stereocenters. The number of H-pyrrole nitrogens is 1. The summed E-state index contributed by atoms with van der Waals surface area (Å²) in [5.74, 6) is 0. The molecule has 0 aliphatic carbocycles. The molecular weight excluding hydrogens is 348 g/mol. The van der Waals surface area contributed by atoms with Crippen molar-refractivity contribution in [3.05, 3.63) is 72.3 Å². The predicted molar refractivity (Wildman–Crippen MR) is 113 cm³/mol. The van der Waals surface area contributed by atoms with Gasteiger partial charge < -0.3 is 15.4 Å². The number of pyridine rings is 2. The predicted octanol–water partition coefficient (Wildman–Crippen LogP) is 4.49. The molecule has 0 radical (unpaired) electrons. The second-order valence-electron chi connectivity index (χ2n) is 7.43. The first-order valence-electron chi connectivity index (χ1n) is 9.87. The summed E-state index contributed by atoms with van der Waals surface area (Å²) < 4.78 is 0. The van der Waals surface area contributed by atoms with Crippen LogP contribution in [-0.2, 0) is 6.54 Å². The van der Waals surface area contributed by atoms with Crippen LogP contribution in [0.2, 0.25) is 0 Å². The number of rotatable bonds is 8. The maximum Gasteiger partial charge on any atom is 0.137 e. The van der Waals surface area contributed by atoms with Gasteiger partial charge in [0.05, 0.1) is 6.10 Å². The molecule has 0 amide bonds. The fourth-order valence-corrected chi connectivity index (χ4v) is 3.66. The molecule has 0 saturated carbocycles. The third kappa shape index (κ3) is 4.21. The highest BCUT2D eigenvalue weighted by Crippen LogP contribution is 2.26. The van der Waals surface area contributed by atoms with Crippen LogP contribution in [0.15, 0.2) is 61.2 Å². The molecule has 3 N–H and O–H groups in total. The number of aliphatic hydroxyl groups excluding tert-OH is 1. The van der Waals surface area contributed by atoms with Gasteiger partial charge in [-0.1, -0.05) is 12.1 Å². The lowest BCUT2D eigenvalue weighted by Gasteiger charge is -2.15. The van der Waals surface area contributed by atoms with Crippen molar-refractivity contribution >= 4 is 21.8 Å². The largest absolute Gasteiger partial charge is 0.388 e. The molecule has 0 spiro atoms. The van der Waals surface area contributed by atoms with Gasteiger partial charge in [-0.3, -0.25) is 4.98 Å². The number of aromatic nitrogens is 3. The Hall–Kier alpha value is -2.76. The molecule has 0 saturated heterocycles. The number of hydrogen-bond acceptors (Lipinski definition) is 4. The van der Waals surface area contributed by atoms with Gasteiger partial charge in [0, 0.05) is 53.7 Å². The molecule has 1 aromatic carbocycles. The Morgan fingerprint density at radius 1 is 1.11 bits per heavy atom. The minimum absolute atomic E-state index is 0.393. The van der Waals surface area contributed by atoms with E-state index in [0.29, 0.717) is 6.04 Å². The molecule has 2 atom stereocenters. The van der Waals surface area contributed by atoms with Crippen LogP contribution in [-0.4, -0.2) is 26.1 Å². The topological polar surface area (TPSA) is 73.8 Å². The number of aliphatic hydroxyl groups is 1. The van der Waals surface area contributed by atoms with Gasteiger partial charge in [0.1, 0.15) is 5.65 Å².